The molecule has 1 heterocycles. The summed E-state index contributed by atoms with van der Waals surface area (Å²) in [5.74, 6) is -2.90. The maximum absolute atomic E-state index is 14.1. The van der Waals surface area contributed by atoms with Crippen LogP contribution in [0, 0.1) is 11.7 Å². The normalized spacial score (nSPS) is 16.6. The molecule has 0 unspecified atom stereocenters. The minimum Gasteiger partial charge on any atom is -0.378 e. The van der Waals surface area contributed by atoms with Crippen molar-refractivity contribution in [3.05, 3.63) is 102 Å². The van der Waals surface area contributed by atoms with Crippen LogP contribution >= 0.6 is 0 Å². The Hall–Kier alpha value is -4.79. The van der Waals surface area contributed by atoms with Crippen LogP contribution in [0.3, 0.4) is 0 Å². The standard InChI is InChI=1S/C33H33FN4O4/c1-36(2)26-18-16-25(17-19-26)35-32(41)30(23-8-4-3-5-9-23)38(20-22-12-14-24(34)15-13-22)29(39)21-37-28-11-7-6-10-27(28)31(40)33(37)42/h3-4,6-7,10-19,23,30H,5,8-9,20-21H2,1-2H3,(H,35,41)/t23-,30+/m0/s1. The molecule has 3 amide bonds. The summed E-state index contributed by atoms with van der Waals surface area (Å²) < 4.78 is 13.7. The number of rotatable bonds is 9. The van der Waals surface area contributed by atoms with Crippen molar-refractivity contribution in [3.8, 4) is 0 Å². The first-order valence-corrected chi connectivity index (χ1v) is 14.0. The lowest BCUT2D eigenvalue weighted by Gasteiger charge is -2.37. The molecule has 0 spiro atoms. The number of hydrogen-bond acceptors (Lipinski definition) is 5. The summed E-state index contributed by atoms with van der Waals surface area (Å²) >= 11 is 0. The third-order valence-corrected chi connectivity index (χ3v) is 7.77. The first-order valence-electron chi connectivity index (χ1n) is 14.0. The Labute approximate surface area is 244 Å². The second kappa shape index (κ2) is 12.4. The zero-order valence-electron chi connectivity index (χ0n) is 23.6. The third-order valence-electron chi connectivity index (χ3n) is 7.77. The number of carbonyl (C=O) groups is 4. The van der Waals surface area contributed by atoms with Gasteiger partial charge in [-0.1, -0.05) is 36.4 Å². The third kappa shape index (κ3) is 6.10. The molecule has 3 aromatic rings. The molecule has 1 aliphatic carbocycles. The molecule has 3 aromatic carbocycles. The maximum atomic E-state index is 14.1. The summed E-state index contributed by atoms with van der Waals surface area (Å²) in [6.07, 6.45) is 6.11. The fourth-order valence-corrected chi connectivity index (χ4v) is 5.53. The van der Waals surface area contributed by atoms with Crippen LogP contribution in [0.25, 0.3) is 0 Å². The first kappa shape index (κ1) is 28.7. The summed E-state index contributed by atoms with van der Waals surface area (Å²) in [4.78, 5) is 58.3. The van der Waals surface area contributed by atoms with E-state index in [1.807, 2.05) is 49.3 Å². The molecule has 0 saturated carbocycles. The molecule has 0 saturated heterocycles. The quantitative estimate of drug-likeness (QED) is 0.296. The summed E-state index contributed by atoms with van der Waals surface area (Å²) in [5, 5.41) is 2.99. The Morgan fingerprint density at radius 2 is 1.69 bits per heavy atom. The number of Topliss-reactive ketones (excluding diaryl/α,β-unsaturated/α-hetero) is 1. The predicted octanol–water partition coefficient (Wildman–Crippen LogP) is 4.81. The molecule has 1 N–H and O–H groups in total. The van der Waals surface area contributed by atoms with Gasteiger partial charge in [-0.15, -0.1) is 0 Å². The summed E-state index contributed by atoms with van der Waals surface area (Å²) in [6.45, 7) is -0.388. The number of carbonyl (C=O) groups excluding carboxylic acids is 4. The van der Waals surface area contributed by atoms with Crippen LogP contribution in [0.2, 0.25) is 0 Å². The van der Waals surface area contributed by atoms with Gasteiger partial charge < -0.3 is 15.1 Å². The molecule has 216 valence electrons. The van der Waals surface area contributed by atoms with Crippen molar-refractivity contribution in [1.29, 1.82) is 0 Å². The number of fused-ring (bicyclic) bond motifs is 1. The molecule has 2 aliphatic rings. The second-order valence-corrected chi connectivity index (χ2v) is 10.8. The fraction of sp³-hybridized carbons (Fsp3) is 0.273. The van der Waals surface area contributed by atoms with Crippen LogP contribution in [0.5, 0.6) is 0 Å². The van der Waals surface area contributed by atoms with Gasteiger partial charge in [-0.25, -0.2) is 4.39 Å². The number of amides is 3. The van der Waals surface area contributed by atoms with E-state index in [-0.39, 0.29) is 23.9 Å². The van der Waals surface area contributed by atoms with Crippen molar-refractivity contribution < 1.29 is 23.6 Å². The van der Waals surface area contributed by atoms with Crippen LogP contribution in [-0.2, 0) is 20.9 Å². The van der Waals surface area contributed by atoms with E-state index in [4.69, 9.17) is 0 Å². The maximum Gasteiger partial charge on any atom is 0.299 e. The van der Waals surface area contributed by atoms with Gasteiger partial charge in [0.2, 0.25) is 11.8 Å². The van der Waals surface area contributed by atoms with Gasteiger partial charge in [0, 0.05) is 32.0 Å². The van der Waals surface area contributed by atoms with Gasteiger partial charge in [0.15, 0.2) is 0 Å². The Morgan fingerprint density at radius 1 is 0.976 bits per heavy atom. The van der Waals surface area contributed by atoms with E-state index < -0.39 is 36.0 Å². The van der Waals surface area contributed by atoms with Crippen molar-refractivity contribution in [1.82, 2.24) is 4.90 Å². The number of nitrogens with zero attached hydrogens (tertiary/aromatic N) is 3. The number of ketones is 1. The molecule has 0 aromatic heterocycles. The number of nitrogens with one attached hydrogen (secondary N) is 1. The van der Waals surface area contributed by atoms with Crippen molar-refractivity contribution in [2.75, 3.05) is 35.8 Å². The van der Waals surface area contributed by atoms with Gasteiger partial charge in [0.05, 0.1) is 11.3 Å². The minimum absolute atomic E-state index is 0.0224. The molecule has 0 fully saturated rings. The number of halogens is 1. The molecular weight excluding hydrogens is 535 g/mol. The zero-order valence-corrected chi connectivity index (χ0v) is 23.6. The van der Waals surface area contributed by atoms with Gasteiger partial charge in [-0.05, 0) is 79.3 Å². The molecule has 42 heavy (non-hydrogen) atoms. The van der Waals surface area contributed by atoms with Gasteiger partial charge in [-0.3, -0.25) is 24.1 Å². The molecule has 2 atom stereocenters. The number of para-hydroxylation sites is 1. The lowest BCUT2D eigenvalue weighted by atomic mass is 9.85. The molecule has 1 aliphatic heterocycles. The minimum atomic E-state index is -0.885. The van der Waals surface area contributed by atoms with Crippen molar-refractivity contribution in [3.63, 3.8) is 0 Å². The number of benzene rings is 3. The van der Waals surface area contributed by atoms with E-state index in [2.05, 4.69) is 11.4 Å². The SMILES string of the molecule is CN(C)c1ccc(NC(=O)[C@@H]([C@H]2CC=CCC2)N(Cc2ccc(F)cc2)C(=O)CN2C(=O)C(=O)c3ccccc32)cc1. The second-order valence-electron chi connectivity index (χ2n) is 10.8. The molecule has 0 bridgehead atoms. The Balaban J connectivity index is 1.49. The zero-order chi connectivity index (χ0) is 29.8. The summed E-state index contributed by atoms with van der Waals surface area (Å²) in [5.41, 5.74) is 2.80. The van der Waals surface area contributed by atoms with Gasteiger partial charge in [0.25, 0.3) is 11.7 Å². The number of allylic oxidation sites excluding steroid dienone is 2. The number of anilines is 3. The van der Waals surface area contributed by atoms with Gasteiger partial charge in [0.1, 0.15) is 18.4 Å². The van der Waals surface area contributed by atoms with Gasteiger partial charge >= 0.3 is 0 Å². The monoisotopic (exact) mass is 568 g/mol. The highest BCUT2D eigenvalue weighted by molar-refractivity contribution is 6.52. The summed E-state index contributed by atoms with van der Waals surface area (Å²) in [7, 11) is 3.85. The van der Waals surface area contributed by atoms with Crippen LogP contribution < -0.4 is 15.1 Å². The average molecular weight is 569 g/mol. The largest absolute Gasteiger partial charge is 0.378 e. The smallest absolute Gasteiger partial charge is 0.299 e. The van der Waals surface area contributed by atoms with E-state index in [1.54, 1.807) is 36.4 Å². The Kier molecular flexibility index (Phi) is 8.47. The molecule has 9 heteroatoms. The summed E-state index contributed by atoms with van der Waals surface area (Å²) in [6, 6.07) is 18.8. The first-order chi connectivity index (χ1) is 20.2. The van der Waals surface area contributed by atoms with Crippen LogP contribution in [0.15, 0.2) is 84.9 Å². The Morgan fingerprint density at radius 3 is 2.36 bits per heavy atom. The molecule has 8 nitrogen and oxygen atoms in total. The van der Waals surface area contributed by atoms with E-state index >= 15 is 0 Å². The molecular formula is C33H33FN4O4. The van der Waals surface area contributed by atoms with Crippen molar-refractivity contribution in [2.45, 2.75) is 31.8 Å². The molecule has 5 rings (SSSR count). The predicted molar refractivity (Wildman–Crippen MR) is 160 cm³/mol. The Bertz CT molecular complexity index is 1520. The van der Waals surface area contributed by atoms with E-state index in [0.717, 1.165) is 12.1 Å². The topological polar surface area (TPSA) is 90.0 Å². The van der Waals surface area contributed by atoms with Crippen molar-refractivity contribution >= 4 is 40.6 Å². The van der Waals surface area contributed by atoms with Crippen molar-refractivity contribution in [2.24, 2.45) is 5.92 Å². The highest BCUT2D eigenvalue weighted by Gasteiger charge is 2.41. The van der Waals surface area contributed by atoms with E-state index in [9.17, 15) is 23.6 Å². The lowest BCUT2D eigenvalue weighted by Crippen LogP contribution is -2.54. The lowest BCUT2D eigenvalue weighted by molar-refractivity contribution is -0.140. The van der Waals surface area contributed by atoms with Crippen LogP contribution in [0.4, 0.5) is 21.5 Å². The van der Waals surface area contributed by atoms with Crippen LogP contribution in [-0.4, -0.2) is 55.1 Å². The highest BCUT2D eigenvalue weighted by atomic mass is 19.1. The molecule has 0 radical (unpaired) electrons. The highest BCUT2D eigenvalue weighted by Crippen LogP contribution is 2.31. The average Bonchev–Trinajstić information content (AvgIpc) is 3.23. The van der Waals surface area contributed by atoms with Gasteiger partial charge in [-0.2, -0.15) is 0 Å². The van der Waals surface area contributed by atoms with Crippen LogP contribution in [0.1, 0.15) is 35.2 Å². The van der Waals surface area contributed by atoms with E-state index in [1.165, 1.54) is 21.9 Å². The fourth-order valence-electron chi connectivity index (χ4n) is 5.53. The number of hydrogen-bond donors (Lipinski definition) is 1. The van der Waals surface area contributed by atoms with E-state index in [0.29, 0.717) is 29.8 Å².